The van der Waals surface area contributed by atoms with Gasteiger partial charge in [-0.2, -0.15) is 0 Å². The summed E-state index contributed by atoms with van der Waals surface area (Å²) in [5.41, 5.74) is 4.28. The number of carbonyl (C=O) groups is 1. The molecule has 0 N–H and O–H groups in total. The fourth-order valence-corrected chi connectivity index (χ4v) is 4.91. The second-order valence-electron chi connectivity index (χ2n) is 7.98. The predicted molar refractivity (Wildman–Crippen MR) is 124 cm³/mol. The van der Waals surface area contributed by atoms with E-state index in [1.807, 2.05) is 50.2 Å². The fourth-order valence-electron chi connectivity index (χ4n) is 3.91. The first-order valence-corrected chi connectivity index (χ1v) is 11.5. The van der Waals surface area contributed by atoms with E-state index in [1.165, 1.54) is 24.0 Å². The van der Waals surface area contributed by atoms with Crippen LogP contribution in [0.5, 0.6) is 5.75 Å². The summed E-state index contributed by atoms with van der Waals surface area (Å²) in [6.45, 7) is 3.91. The van der Waals surface area contributed by atoms with Crippen molar-refractivity contribution >= 4 is 32.6 Å². The Bertz CT molecular complexity index is 1040. The van der Waals surface area contributed by atoms with E-state index < -0.39 is 0 Å². The van der Waals surface area contributed by atoms with Crippen LogP contribution < -0.4 is 9.64 Å². The summed E-state index contributed by atoms with van der Waals surface area (Å²) in [5.74, 6) is 0.786. The fraction of sp³-hybridized carbons (Fsp3) is 0.417. The molecule has 1 amide bonds. The standard InChI is InChI=1S/C24H29N3O2S/c1-4-29-20-10-7-11-21-22(20)25-24(30-21)27(15-14-26(2)3)23(28)19-13-12-17-8-5-6-9-18(17)16-19/h7,10-13,16H,4-6,8-9,14-15H2,1-3H3. The second-order valence-corrected chi connectivity index (χ2v) is 8.99. The Balaban J connectivity index is 1.70. The van der Waals surface area contributed by atoms with Crippen LogP contribution in [0.4, 0.5) is 5.13 Å². The number of rotatable bonds is 7. The first kappa shape index (κ1) is 20.8. The van der Waals surface area contributed by atoms with E-state index >= 15 is 0 Å². The van der Waals surface area contributed by atoms with Crippen LogP contribution >= 0.6 is 11.3 Å². The molecule has 158 valence electrons. The summed E-state index contributed by atoms with van der Waals surface area (Å²) >= 11 is 1.54. The molecule has 0 atom stereocenters. The molecule has 0 bridgehead atoms. The Labute approximate surface area is 182 Å². The lowest BCUT2D eigenvalue weighted by atomic mass is 9.90. The highest BCUT2D eigenvalue weighted by Gasteiger charge is 2.23. The lowest BCUT2D eigenvalue weighted by Crippen LogP contribution is -2.36. The van der Waals surface area contributed by atoms with Gasteiger partial charge in [-0.3, -0.25) is 9.69 Å². The number of anilines is 1. The first-order chi connectivity index (χ1) is 14.6. The van der Waals surface area contributed by atoms with E-state index in [4.69, 9.17) is 9.72 Å². The minimum atomic E-state index is 0.0160. The van der Waals surface area contributed by atoms with Crippen LogP contribution in [0.25, 0.3) is 10.2 Å². The van der Waals surface area contributed by atoms with Gasteiger partial charge in [0.05, 0.1) is 11.3 Å². The Morgan fingerprint density at radius 1 is 1.10 bits per heavy atom. The quantitative estimate of drug-likeness (QED) is 0.549. The number of thiazole rings is 1. The number of aromatic nitrogens is 1. The van der Waals surface area contributed by atoms with Gasteiger partial charge in [-0.05, 0) is 82.1 Å². The molecule has 2 aromatic carbocycles. The zero-order valence-electron chi connectivity index (χ0n) is 18.0. The number of benzene rings is 2. The Kier molecular flexibility index (Phi) is 6.35. The molecule has 0 saturated heterocycles. The average molecular weight is 424 g/mol. The molecule has 1 aliphatic carbocycles. The third kappa shape index (κ3) is 4.35. The molecular formula is C24H29N3O2S. The normalized spacial score (nSPS) is 13.5. The van der Waals surface area contributed by atoms with Crippen LogP contribution in [-0.4, -0.2) is 49.6 Å². The van der Waals surface area contributed by atoms with Gasteiger partial charge < -0.3 is 9.64 Å². The van der Waals surface area contributed by atoms with Gasteiger partial charge in [0.2, 0.25) is 0 Å². The van der Waals surface area contributed by atoms with Gasteiger partial charge in [0, 0.05) is 18.7 Å². The summed E-state index contributed by atoms with van der Waals surface area (Å²) < 4.78 is 6.78. The molecule has 5 nitrogen and oxygen atoms in total. The van der Waals surface area contributed by atoms with Crippen LogP contribution in [-0.2, 0) is 12.8 Å². The summed E-state index contributed by atoms with van der Waals surface area (Å²) in [5, 5.41) is 0.724. The van der Waals surface area contributed by atoms with E-state index in [1.54, 1.807) is 11.3 Å². The Morgan fingerprint density at radius 3 is 2.67 bits per heavy atom. The van der Waals surface area contributed by atoms with Crippen molar-refractivity contribution < 1.29 is 9.53 Å². The van der Waals surface area contributed by atoms with Crippen molar-refractivity contribution in [2.24, 2.45) is 0 Å². The van der Waals surface area contributed by atoms with Crippen LogP contribution in [0.2, 0.25) is 0 Å². The van der Waals surface area contributed by atoms with Gasteiger partial charge in [0.25, 0.3) is 5.91 Å². The van der Waals surface area contributed by atoms with Gasteiger partial charge in [0.1, 0.15) is 11.3 Å². The van der Waals surface area contributed by atoms with E-state index in [9.17, 15) is 4.79 Å². The molecule has 1 heterocycles. The summed E-state index contributed by atoms with van der Waals surface area (Å²) in [6, 6.07) is 12.2. The zero-order valence-corrected chi connectivity index (χ0v) is 18.8. The third-order valence-electron chi connectivity index (χ3n) is 5.51. The molecule has 1 aliphatic rings. The molecule has 6 heteroatoms. The second kappa shape index (κ2) is 9.14. The molecule has 0 radical (unpaired) electrons. The van der Waals surface area contributed by atoms with Crippen molar-refractivity contribution in [2.75, 3.05) is 38.7 Å². The maximum atomic E-state index is 13.6. The maximum absolute atomic E-state index is 13.6. The van der Waals surface area contributed by atoms with Gasteiger partial charge in [0.15, 0.2) is 5.13 Å². The van der Waals surface area contributed by atoms with Gasteiger partial charge in [-0.15, -0.1) is 0 Å². The monoisotopic (exact) mass is 423 g/mol. The van der Waals surface area contributed by atoms with E-state index in [2.05, 4.69) is 17.0 Å². The summed E-state index contributed by atoms with van der Waals surface area (Å²) in [7, 11) is 4.04. The zero-order chi connectivity index (χ0) is 21.1. The number of hydrogen-bond acceptors (Lipinski definition) is 5. The minimum Gasteiger partial charge on any atom is -0.492 e. The lowest BCUT2D eigenvalue weighted by molar-refractivity contribution is 0.0985. The number of nitrogens with zero attached hydrogens (tertiary/aromatic N) is 3. The third-order valence-corrected chi connectivity index (χ3v) is 6.56. The molecule has 0 unspecified atom stereocenters. The maximum Gasteiger partial charge on any atom is 0.260 e. The highest BCUT2D eigenvalue weighted by atomic mass is 32.1. The topological polar surface area (TPSA) is 45.7 Å². The van der Waals surface area contributed by atoms with Crippen molar-refractivity contribution in [3.8, 4) is 5.75 Å². The van der Waals surface area contributed by atoms with Crippen molar-refractivity contribution in [1.82, 2.24) is 9.88 Å². The summed E-state index contributed by atoms with van der Waals surface area (Å²) in [6.07, 6.45) is 4.62. The molecule has 4 rings (SSSR count). The van der Waals surface area contributed by atoms with Crippen LogP contribution in [0, 0.1) is 0 Å². The minimum absolute atomic E-state index is 0.0160. The van der Waals surface area contributed by atoms with Crippen LogP contribution in [0.1, 0.15) is 41.3 Å². The number of ether oxygens (including phenoxy) is 1. The molecule has 0 spiro atoms. The smallest absolute Gasteiger partial charge is 0.260 e. The number of likely N-dealkylation sites (N-methyl/N-ethyl adjacent to an activating group) is 1. The van der Waals surface area contributed by atoms with E-state index in [0.717, 1.165) is 46.0 Å². The molecular weight excluding hydrogens is 394 g/mol. The number of fused-ring (bicyclic) bond motifs is 2. The largest absolute Gasteiger partial charge is 0.492 e. The number of amides is 1. The van der Waals surface area contributed by atoms with Crippen molar-refractivity contribution in [2.45, 2.75) is 32.6 Å². The van der Waals surface area contributed by atoms with E-state index in [0.29, 0.717) is 13.2 Å². The highest BCUT2D eigenvalue weighted by Crippen LogP contribution is 2.35. The number of carbonyl (C=O) groups excluding carboxylic acids is 1. The molecule has 0 fully saturated rings. The first-order valence-electron chi connectivity index (χ1n) is 10.7. The molecule has 30 heavy (non-hydrogen) atoms. The molecule has 0 saturated carbocycles. The number of para-hydroxylation sites is 1. The van der Waals surface area contributed by atoms with Crippen molar-refractivity contribution in [3.63, 3.8) is 0 Å². The SMILES string of the molecule is CCOc1cccc2sc(N(CCN(C)C)C(=O)c3ccc4c(c3)CCCC4)nc12. The predicted octanol–water partition coefficient (Wildman–Crippen LogP) is 4.78. The van der Waals surface area contributed by atoms with E-state index in [-0.39, 0.29) is 5.91 Å². The van der Waals surface area contributed by atoms with Crippen molar-refractivity contribution in [3.05, 3.63) is 53.1 Å². The van der Waals surface area contributed by atoms with Crippen LogP contribution in [0.3, 0.4) is 0 Å². The number of aryl methyl sites for hydroxylation is 2. The van der Waals surface area contributed by atoms with Gasteiger partial charge in [-0.25, -0.2) is 4.98 Å². The van der Waals surface area contributed by atoms with Gasteiger partial charge in [-0.1, -0.05) is 23.5 Å². The summed E-state index contributed by atoms with van der Waals surface area (Å²) in [4.78, 5) is 22.3. The number of hydrogen-bond donors (Lipinski definition) is 0. The Hall–Kier alpha value is -2.44. The van der Waals surface area contributed by atoms with Crippen molar-refractivity contribution in [1.29, 1.82) is 0 Å². The molecule has 1 aromatic heterocycles. The molecule has 0 aliphatic heterocycles. The Morgan fingerprint density at radius 2 is 1.90 bits per heavy atom. The molecule has 3 aromatic rings. The highest BCUT2D eigenvalue weighted by molar-refractivity contribution is 7.22. The average Bonchev–Trinajstić information content (AvgIpc) is 3.18. The van der Waals surface area contributed by atoms with Crippen LogP contribution in [0.15, 0.2) is 36.4 Å². The van der Waals surface area contributed by atoms with Gasteiger partial charge >= 0.3 is 0 Å². The lowest BCUT2D eigenvalue weighted by Gasteiger charge is -2.23.